The maximum Gasteiger partial charge on any atom is 2.00 e. The molecule has 3 aromatic heterocycles. The molecule has 5 heterocycles. The summed E-state index contributed by atoms with van der Waals surface area (Å²) in [6.45, 7) is 8.45. The van der Waals surface area contributed by atoms with Gasteiger partial charge in [0, 0.05) is 0 Å². The Hall–Kier alpha value is -6.01. The molecule has 0 aliphatic carbocycles. The zero-order valence-corrected chi connectivity index (χ0v) is 31.0. The maximum absolute atomic E-state index is 5.37. The van der Waals surface area contributed by atoms with Gasteiger partial charge >= 0.3 is 16.8 Å². The van der Waals surface area contributed by atoms with Gasteiger partial charge in [-0.05, 0) is 96.5 Å². The van der Waals surface area contributed by atoms with Gasteiger partial charge < -0.3 is 9.97 Å². The van der Waals surface area contributed by atoms with Crippen LogP contribution in [0.2, 0.25) is 0 Å². The third-order valence-electron chi connectivity index (χ3n) is 9.97. The molecule has 0 amide bonds. The third-order valence-corrected chi connectivity index (χ3v) is 9.97. The van der Waals surface area contributed by atoms with Crippen molar-refractivity contribution in [2.24, 2.45) is 0 Å². The van der Waals surface area contributed by atoms with Crippen LogP contribution in [0.1, 0.15) is 45.0 Å². The van der Waals surface area contributed by atoms with Crippen LogP contribution in [0.3, 0.4) is 0 Å². The largest absolute Gasteiger partial charge is 2.00 e. The number of aryl methyl sites for hydroxylation is 4. The Balaban J connectivity index is 0.00000400. The van der Waals surface area contributed by atoms with Gasteiger partial charge in [0.15, 0.2) is 0 Å². The van der Waals surface area contributed by atoms with Crippen LogP contribution in [-0.4, -0.2) is 9.97 Å². The van der Waals surface area contributed by atoms with Gasteiger partial charge in [0.25, 0.3) is 0 Å². The zero-order chi connectivity index (χ0) is 35.3. The number of hydrogen-bond donors (Lipinski definition) is 0. The van der Waals surface area contributed by atoms with E-state index in [1.165, 1.54) is 22.3 Å². The normalized spacial score (nSPS) is 11.8. The average Bonchev–Trinajstić information content (AvgIpc) is 3.99. The summed E-state index contributed by atoms with van der Waals surface area (Å²) in [6.07, 6.45) is 8.48. The van der Waals surface area contributed by atoms with Crippen LogP contribution in [0.5, 0.6) is 0 Å². The zero-order valence-electron chi connectivity index (χ0n) is 30.0. The van der Waals surface area contributed by atoms with Gasteiger partial charge in [0.05, 0.1) is 22.8 Å². The standard InChI is InChI=1S/C48H36N4.Co/c1-29-5-13-33(14-6-29)45-37-21-23-39(49-37)46(34-15-7-30(2)8-16-34)41-25-27-43(51-41)48(36-19-11-32(4)12-20-36)44-28-26-42(52-44)47(40-24-22-38(45)50-40)35-17-9-31(3)10-18-35;/h5-28H,1-4H3;/q-2;+2. The molecule has 0 spiro atoms. The Kier molecular flexibility index (Phi) is 8.91. The van der Waals surface area contributed by atoms with Crippen molar-refractivity contribution in [3.05, 3.63) is 166 Å². The molecule has 2 aliphatic rings. The summed E-state index contributed by atoms with van der Waals surface area (Å²) in [5.41, 5.74) is 19.9. The second kappa shape index (κ2) is 13.8. The Morgan fingerprint density at radius 3 is 0.717 bits per heavy atom. The number of aromatic nitrogens is 4. The smallest absolute Gasteiger partial charge is 0.657 e. The molecule has 0 saturated carbocycles. The molecule has 5 heteroatoms. The molecule has 0 saturated heterocycles. The topological polar surface area (TPSA) is 54.0 Å². The van der Waals surface area contributed by atoms with Crippen LogP contribution < -0.4 is 9.97 Å². The monoisotopic (exact) mass is 727 g/mol. The predicted octanol–water partition coefficient (Wildman–Crippen LogP) is 11.8. The van der Waals surface area contributed by atoms with E-state index in [1.54, 1.807) is 0 Å². The SMILES string of the molecule is Cc1ccc(-c2c3nc(c(-c4ccc(C)cc4)c4ccc([n-]4)c(-c4ccc(C)cc4)c4nc(c(-c5ccc(C)cc5)c5ccc2[n-]5)C=C4)C=C3)cc1.[Co+2]. The number of nitrogens with zero attached hydrogens (tertiary/aromatic N) is 4. The molecule has 257 valence electrons. The minimum Gasteiger partial charge on any atom is -0.657 e. The summed E-state index contributed by atoms with van der Waals surface area (Å²) in [7, 11) is 0. The van der Waals surface area contributed by atoms with Crippen molar-refractivity contribution in [1.82, 2.24) is 19.9 Å². The van der Waals surface area contributed by atoms with Crippen molar-refractivity contribution < 1.29 is 16.8 Å². The molecule has 0 unspecified atom stereocenters. The van der Waals surface area contributed by atoms with Crippen molar-refractivity contribution in [1.29, 1.82) is 0 Å². The van der Waals surface area contributed by atoms with Gasteiger partial charge in [-0.1, -0.05) is 144 Å². The average molecular weight is 728 g/mol. The van der Waals surface area contributed by atoms with Crippen LogP contribution in [0.25, 0.3) is 90.9 Å². The molecule has 2 aliphatic heterocycles. The number of fused-ring (bicyclic) bond motifs is 8. The van der Waals surface area contributed by atoms with Crippen molar-refractivity contribution in [2.45, 2.75) is 27.7 Å². The fraction of sp³-hybridized carbons (Fsp3) is 0.0833. The quantitative estimate of drug-likeness (QED) is 0.181. The number of hydrogen-bond acceptors (Lipinski definition) is 2. The first-order valence-electron chi connectivity index (χ1n) is 17.7. The summed E-state index contributed by atoms with van der Waals surface area (Å²) < 4.78 is 0. The van der Waals surface area contributed by atoms with E-state index >= 15 is 0 Å². The molecule has 8 bridgehead atoms. The molecule has 7 aromatic rings. The molecule has 0 N–H and O–H groups in total. The molecular weight excluding hydrogens is 691 g/mol. The fourth-order valence-electron chi connectivity index (χ4n) is 7.15. The van der Waals surface area contributed by atoms with Crippen molar-refractivity contribution >= 4 is 46.4 Å². The Morgan fingerprint density at radius 1 is 0.302 bits per heavy atom. The van der Waals surface area contributed by atoms with Crippen LogP contribution >= 0.6 is 0 Å². The molecule has 53 heavy (non-hydrogen) atoms. The Morgan fingerprint density at radius 2 is 0.509 bits per heavy atom. The molecule has 4 aromatic carbocycles. The second-order valence-electron chi connectivity index (χ2n) is 13.8. The van der Waals surface area contributed by atoms with E-state index in [0.717, 1.165) is 89.4 Å². The van der Waals surface area contributed by atoms with E-state index in [4.69, 9.17) is 19.9 Å². The molecule has 9 rings (SSSR count). The molecular formula is C48H36CoN4. The van der Waals surface area contributed by atoms with Gasteiger partial charge in [-0.15, -0.1) is 22.1 Å². The Bertz CT molecular complexity index is 2350. The van der Waals surface area contributed by atoms with Crippen molar-refractivity contribution in [2.75, 3.05) is 0 Å². The summed E-state index contributed by atoms with van der Waals surface area (Å²) in [4.78, 5) is 21.5. The first-order chi connectivity index (χ1) is 25.4. The third kappa shape index (κ3) is 6.39. The number of rotatable bonds is 4. The van der Waals surface area contributed by atoms with E-state index in [-0.39, 0.29) is 16.8 Å². The van der Waals surface area contributed by atoms with Crippen LogP contribution in [-0.2, 0) is 16.8 Å². The molecule has 4 nitrogen and oxygen atoms in total. The minimum absolute atomic E-state index is 0. The molecule has 1 radical (unpaired) electrons. The minimum atomic E-state index is 0. The molecule has 0 atom stereocenters. The van der Waals surface area contributed by atoms with Crippen molar-refractivity contribution in [3.63, 3.8) is 0 Å². The second-order valence-corrected chi connectivity index (χ2v) is 13.8. The Labute approximate surface area is 320 Å². The maximum atomic E-state index is 5.37. The van der Waals surface area contributed by atoms with E-state index in [1.807, 2.05) is 0 Å². The van der Waals surface area contributed by atoms with Crippen molar-refractivity contribution in [3.8, 4) is 44.5 Å². The van der Waals surface area contributed by atoms with Crippen LogP contribution in [0.15, 0.2) is 121 Å². The first kappa shape index (κ1) is 34.1. The van der Waals surface area contributed by atoms with Gasteiger partial charge in [0.2, 0.25) is 0 Å². The van der Waals surface area contributed by atoms with E-state index in [2.05, 4.69) is 173 Å². The first-order valence-corrected chi connectivity index (χ1v) is 17.7. The summed E-state index contributed by atoms with van der Waals surface area (Å²) >= 11 is 0. The summed E-state index contributed by atoms with van der Waals surface area (Å²) in [5.74, 6) is 0. The van der Waals surface area contributed by atoms with Gasteiger partial charge in [-0.2, -0.15) is 0 Å². The predicted molar refractivity (Wildman–Crippen MR) is 217 cm³/mol. The molecule has 0 fully saturated rings. The fourth-order valence-corrected chi connectivity index (χ4v) is 7.15. The van der Waals surface area contributed by atoms with E-state index < -0.39 is 0 Å². The number of benzene rings is 4. The van der Waals surface area contributed by atoms with Gasteiger partial charge in [-0.25, -0.2) is 9.97 Å². The summed E-state index contributed by atoms with van der Waals surface area (Å²) in [6, 6.07) is 43.0. The van der Waals surface area contributed by atoms with Gasteiger partial charge in [-0.3, -0.25) is 0 Å². The van der Waals surface area contributed by atoms with Crippen LogP contribution in [0, 0.1) is 27.7 Å². The van der Waals surface area contributed by atoms with Crippen LogP contribution in [0.4, 0.5) is 0 Å². The van der Waals surface area contributed by atoms with E-state index in [9.17, 15) is 0 Å². The summed E-state index contributed by atoms with van der Waals surface area (Å²) in [5, 5.41) is 0. The van der Waals surface area contributed by atoms with Gasteiger partial charge in [0.1, 0.15) is 0 Å². The van der Waals surface area contributed by atoms with E-state index in [0.29, 0.717) is 0 Å².